The minimum absolute atomic E-state index is 0.0119. The average Bonchev–Trinajstić information content (AvgIpc) is 0.864. The average molecular weight is 1500 g/mol. The van der Waals surface area contributed by atoms with Crippen molar-refractivity contribution in [2.24, 2.45) is 0 Å². The Morgan fingerprint density at radius 1 is 0.330 bits per heavy atom. The summed E-state index contributed by atoms with van der Waals surface area (Å²) in [6.45, 7) is 0. The Bertz CT molecular complexity index is 5710. The number of fused-ring (bicyclic) bond motifs is 5. The number of nitrogens with zero attached hydrogens (tertiary/aromatic N) is 10. The van der Waals surface area contributed by atoms with Gasteiger partial charge in [-0.15, -0.1) is 0 Å². The Labute approximate surface area is 606 Å². The van der Waals surface area contributed by atoms with E-state index >= 15 is 0 Å². The molecule has 0 atom stereocenters. The van der Waals surface area contributed by atoms with Crippen LogP contribution < -0.4 is 66.6 Å². The lowest BCUT2D eigenvalue weighted by molar-refractivity contribution is 0.0600. The number of benzene rings is 5. The number of ether oxygens (including phenoxy) is 9. The summed E-state index contributed by atoms with van der Waals surface area (Å²) in [4.78, 5) is 53.3. The molecule has 0 radical (unpaired) electrons. The van der Waals surface area contributed by atoms with Gasteiger partial charge in [-0.05, 0) is 101 Å². The lowest BCUT2D eigenvalue weighted by Gasteiger charge is -2.10. The van der Waals surface area contributed by atoms with Crippen LogP contribution in [-0.2, 0) is 4.74 Å². The smallest absolute Gasteiger partial charge is 0.339 e. The molecule has 106 heavy (non-hydrogen) atoms. The monoisotopic (exact) mass is 1500 g/mol. The zero-order valence-corrected chi connectivity index (χ0v) is 57.5. The van der Waals surface area contributed by atoms with Crippen LogP contribution in [0.4, 0.5) is 50.4 Å². The van der Waals surface area contributed by atoms with Gasteiger partial charge in [0.15, 0.2) is 80.8 Å². The summed E-state index contributed by atoms with van der Waals surface area (Å²) in [5.41, 5.74) is 35.0. The number of pyridine rings is 10. The molecule has 0 bridgehead atoms. The number of halogens is 6. The fourth-order valence-electron chi connectivity index (χ4n) is 9.51. The Balaban J connectivity index is 0.000000132. The minimum Gasteiger partial charge on any atom is -0.495 e. The third kappa shape index (κ3) is 18.1. The number of esters is 1. The number of nitrogen functional groups attached to an aromatic ring is 5. The molecule has 534 valence electrons. The highest BCUT2D eigenvalue weighted by molar-refractivity contribution is 9.10. The molecule has 25 nitrogen and oxygen atoms in total. The number of rotatable bonds is 14. The zero-order valence-electron chi connectivity index (χ0n) is 55.9. The summed E-state index contributed by atoms with van der Waals surface area (Å²) >= 11 is 3.31. The van der Waals surface area contributed by atoms with E-state index in [-0.39, 0.29) is 28.6 Å². The molecule has 5 aromatic carbocycles. The van der Waals surface area contributed by atoms with Crippen molar-refractivity contribution in [2.45, 2.75) is 0 Å². The van der Waals surface area contributed by atoms with E-state index in [1.807, 2.05) is 18.2 Å². The van der Waals surface area contributed by atoms with E-state index in [2.05, 4.69) is 70.5 Å². The number of hydrogen-bond donors (Lipinski definition) is 5. The topological polar surface area (TPSA) is 359 Å². The Morgan fingerprint density at radius 2 is 0.726 bits per heavy atom. The molecule has 10 N–H and O–H groups in total. The summed E-state index contributed by atoms with van der Waals surface area (Å²) in [7, 11) is 5.93. The SMILES string of the molecule is COC(=O)c1cnc2c(Oc3ccc(N)cc3F)ccnc2c1.COc1cc2nccc(Oc3ccc(N)cc3F)c2nc1Br.COc1ccc2nccc(Oc3ccc(N)cc3F)c2n1.COc1cnc2c(Oc3ccc(N)cc3)ccnc2c1.Nc1ccc(Oc2ccnc3cc(F)cnc23)c(F)c1. The summed E-state index contributed by atoms with van der Waals surface area (Å²) < 4.78 is 117. The van der Waals surface area contributed by atoms with Crippen LogP contribution in [0, 0.1) is 29.1 Å². The molecule has 0 amide bonds. The van der Waals surface area contributed by atoms with Crippen LogP contribution in [0.25, 0.3) is 55.2 Å². The first-order chi connectivity index (χ1) is 51.2. The van der Waals surface area contributed by atoms with E-state index in [0.29, 0.717) is 135 Å². The maximum atomic E-state index is 13.9. The first-order valence-electron chi connectivity index (χ1n) is 31.0. The third-order valence-electron chi connectivity index (χ3n) is 14.6. The van der Waals surface area contributed by atoms with Crippen molar-refractivity contribution in [3.8, 4) is 74.9 Å². The van der Waals surface area contributed by atoms with E-state index in [0.717, 1.165) is 17.8 Å². The standard InChI is InChI=1S/C16H12FN3O3.C15H11BrFN3O2.C15H12FN3O2.C15H13N3O2.C14H9F2N3O/c1-22-16(21)9-6-12-15(20-8-9)14(4-5-19-12)23-13-3-2-10(18)7-11(13)17;1-21-13-7-10-14(20-15(13)16)12(4-5-19-10)22-11-3-2-8(18)6-9(11)17;1-20-14-5-3-11-15(19-14)13(6-7-18-11)21-12-4-2-9(17)8-10(12)16;1-19-12-8-13-15(18-9-12)14(6-7-17-13)20-11-4-2-10(16)3-5-11;15-8-5-11-14(19-7-8)13(3-4-18-11)20-12-2-1-9(17)6-10(12)16/h2-8H,18H2,1H3;2-7H,18H2,1H3;2-8H,17H2,1H3;2-9H,16H2,1H3;1-7H,17H2. The van der Waals surface area contributed by atoms with Crippen LogP contribution >= 0.6 is 15.9 Å². The normalized spacial score (nSPS) is 10.6. The molecule has 0 saturated heterocycles. The molecule has 10 aromatic heterocycles. The Kier molecular flexibility index (Phi) is 23.2. The second-order valence-electron chi connectivity index (χ2n) is 21.8. The summed E-state index contributed by atoms with van der Waals surface area (Å²) in [6, 6.07) is 41.7. The van der Waals surface area contributed by atoms with E-state index < -0.39 is 35.1 Å². The highest BCUT2D eigenvalue weighted by Crippen LogP contribution is 2.37. The zero-order chi connectivity index (χ0) is 75.0. The fraction of sp³-hybridized carbons (Fsp3) is 0.0533. The lowest BCUT2D eigenvalue weighted by atomic mass is 10.2. The van der Waals surface area contributed by atoms with Crippen molar-refractivity contribution in [2.75, 3.05) is 57.1 Å². The van der Waals surface area contributed by atoms with Crippen molar-refractivity contribution < 1.29 is 69.4 Å². The van der Waals surface area contributed by atoms with Crippen molar-refractivity contribution in [1.82, 2.24) is 49.8 Å². The molecule has 0 aliphatic rings. The molecule has 0 aliphatic carbocycles. The van der Waals surface area contributed by atoms with Crippen LogP contribution in [-0.4, -0.2) is 84.2 Å². The molecule has 15 rings (SSSR count). The molecular weight excluding hydrogens is 1450 g/mol. The second-order valence-corrected chi connectivity index (χ2v) is 22.6. The molecular formula is C75H57BrF5N15O10. The highest BCUT2D eigenvalue weighted by atomic mass is 79.9. The largest absolute Gasteiger partial charge is 0.495 e. The molecule has 0 saturated carbocycles. The third-order valence-corrected chi connectivity index (χ3v) is 15.1. The molecule has 15 aromatic rings. The lowest BCUT2D eigenvalue weighted by Crippen LogP contribution is -2.02. The van der Waals surface area contributed by atoms with Gasteiger partial charge in [0.2, 0.25) is 5.88 Å². The molecule has 0 unspecified atom stereocenters. The van der Waals surface area contributed by atoms with Crippen LogP contribution in [0.1, 0.15) is 10.4 Å². The molecule has 0 aliphatic heterocycles. The number of hydrogen-bond acceptors (Lipinski definition) is 25. The van der Waals surface area contributed by atoms with Crippen LogP contribution in [0.15, 0.2) is 218 Å². The van der Waals surface area contributed by atoms with Gasteiger partial charge in [-0.3, -0.25) is 24.9 Å². The van der Waals surface area contributed by atoms with E-state index in [1.165, 1.54) is 113 Å². The van der Waals surface area contributed by atoms with Gasteiger partial charge >= 0.3 is 5.97 Å². The van der Waals surface area contributed by atoms with Gasteiger partial charge < -0.3 is 71.3 Å². The van der Waals surface area contributed by atoms with E-state index in [1.54, 1.807) is 98.6 Å². The second kappa shape index (κ2) is 33.6. The minimum atomic E-state index is -0.586. The van der Waals surface area contributed by atoms with Gasteiger partial charge in [0, 0.05) is 144 Å². The maximum absolute atomic E-state index is 13.9. The summed E-state index contributed by atoms with van der Waals surface area (Å²) in [5, 5.41) is 0. The molecule has 10 heterocycles. The first-order valence-corrected chi connectivity index (χ1v) is 31.8. The van der Waals surface area contributed by atoms with Crippen molar-refractivity contribution in [3.05, 3.63) is 253 Å². The molecule has 0 spiro atoms. The molecule has 0 fully saturated rings. The van der Waals surface area contributed by atoms with Gasteiger partial charge in [-0.2, -0.15) is 0 Å². The Hall–Kier alpha value is -14.1. The predicted molar refractivity (Wildman–Crippen MR) is 391 cm³/mol. The summed E-state index contributed by atoms with van der Waals surface area (Å²) in [5.74, 6) is 1.26. The van der Waals surface area contributed by atoms with Gasteiger partial charge in [-0.1, -0.05) is 0 Å². The van der Waals surface area contributed by atoms with Crippen molar-refractivity contribution in [3.63, 3.8) is 0 Å². The maximum Gasteiger partial charge on any atom is 0.339 e. The number of carbonyl (C=O) groups is 1. The summed E-state index contributed by atoms with van der Waals surface area (Å²) in [6.07, 6.45) is 11.8. The molecule has 31 heteroatoms. The Morgan fingerprint density at radius 3 is 1.17 bits per heavy atom. The van der Waals surface area contributed by atoms with E-state index in [4.69, 9.17) is 66.6 Å². The van der Waals surface area contributed by atoms with Crippen LogP contribution in [0.5, 0.6) is 74.9 Å². The fourth-order valence-corrected chi connectivity index (χ4v) is 9.96. The van der Waals surface area contributed by atoms with Gasteiger partial charge in [0.05, 0.1) is 74.0 Å². The van der Waals surface area contributed by atoms with Crippen molar-refractivity contribution >= 4 is 106 Å². The van der Waals surface area contributed by atoms with Crippen LogP contribution in [0.2, 0.25) is 0 Å². The van der Waals surface area contributed by atoms with Crippen molar-refractivity contribution in [1.29, 1.82) is 0 Å². The first kappa shape index (κ1) is 73.1. The number of aromatic nitrogens is 10. The predicted octanol–water partition coefficient (Wildman–Crippen LogP) is 16.3. The number of carbonyl (C=O) groups excluding carboxylic acids is 1. The number of anilines is 5. The number of methoxy groups -OCH3 is 4. The van der Waals surface area contributed by atoms with Gasteiger partial charge in [0.25, 0.3) is 0 Å². The van der Waals surface area contributed by atoms with Gasteiger partial charge in [-0.25, -0.2) is 51.7 Å². The van der Waals surface area contributed by atoms with Crippen LogP contribution in [0.3, 0.4) is 0 Å². The highest BCUT2D eigenvalue weighted by Gasteiger charge is 2.18. The number of nitrogens with two attached hydrogens (primary N) is 5. The van der Waals surface area contributed by atoms with Gasteiger partial charge in [0.1, 0.15) is 49.5 Å². The quantitative estimate of drug-likeness (QED) is 0.0292. The van der Waals surface area contributed by atoms with E-state index in [9.17, 15) is 26.7 Å².